The maximum Gasteiger partial charge on any atom is 0.312 e. The van der Waals surface area contributed by atoms with Gasteiger partial charge in [0.25, 0.3) is 0 Å². The number of halogens is 1. The molecule has 0 heterocycles. The molecule has 1 aromatic carbocycles. The topological polar surface area (TPSA) is 84.2 Å². The summed E-state index contributed by atoms with van der Waals surface area (Å²) < 4.78 is 0. The average molecular weight is 326 g/mol. The van der Waals surface area contributed by atoms with E-state index in [9.17, 15) is 9.59 Å². The van der Waals surface area contributed by atoms with Gasteiger partial charge in [0.05, 0.1) is 0 Å². The van der Waals surface area contributed by atoms with Crippen molar-refractivity contribution in [2.45, 2.75) is 45.1 Å². The normalized spacial score (nSPS) is 12.5. The Bertz CT molecular complexity index is 513. The number of nitrogens with two attached hydrogens (primary N) is 1. The van der Waals surface area contributed by atoms with E-state index in [1.165, 1.54) is 0 Å². The van der Waals surface area contributed by atoms with Crippen LogP contribution in [0.5, 0.6) is 0 Å². The molecule has 6 heteroatoms. The molecule has 0 aliphatic rings. The van der Waals surface area contributed by atoms with E-state index in [0.717, 1.165) is 18.4 Å². The first-order valence-electron chi connectivity index (χ1n) is 7.44. The summed E-state index contributed by atoms with van der Waals surface area (Å²) in [6, 6.07) is 6.33. The van der Waals surface area contributed by atoms with E-state index >= 15 is 0 Å². The van der Waals surface area contributed by atoms with Crippen molar-refractivity contribution < 1.29 is 9.59 Å². The van der Waals surface area contributed by atoms with Crippen LogP contribution in [-0.4, -0.2) is 24.5 Å². The molecule has 22 heavy (non-hydrogen) atoms. The number of hydrogen-bond donors (Lipinski definition) is 3. The predicted octanol–water partition coefficient (Wildman–Crippen LogP) is 2.57. The van der Waals surface area contributed by atoms with E-state index in [0.29, 0.717) is 11.6 Å². The van der Waals surface area contributed by atoms with Crippen molar-refractivity contribution in [3.05, 3.63) is 34.9 Å². The van der Waals surface area contributed by atoms with Gasteiger partial charge in [-0.05, 0) is 37.5 Å². The van der Waals surface area contributed by atoms with Gasteiger partial charge in [-0.3, -0.25) is 4.79 Å². The number of carbonyl (C=O) groups excluding carboxylic acids is 2. The van der Waals surface area contributed by atoms with Crippen molar-refractivity contribution in [1.82, 2.24) is 10.6 Å². The highest BCUT2D eigenvalue weighted by molar-refractivity contribution is 6.30. The Labute approximate surface area is 136 Å². The Morgan fingerprint density at radius 1 is 1.23 bits per heavy atom. The number of hydrogen-bond acceptors (Lipinski definition) is 2. The van der Waals surface area contributed by atoms with E-state index in [4.69, 9.17) is 17.3 Å². The molecule has 122 valence electrons. The molecule has 0 unspecified atom stereocenters. The third-order valence-electron chi connectivity index (χ3n) is 4.16. The molecule has 5 nitrogen and oxygen atoms in total. The molecule has 0 aliphatic heterocycles. The van der Waals surface area contributed by atoms with Gasteiger partial charge in [0, 0.05) is 17.0 Å². The highest BCUT2D eigenvalue weighted by Crippen LogP contribution is 2.31. The number of urea groups is 1. The van der Waals surface area contributed by atoms with Crippen LogP contribution in [0.1, 0.15) is 39.2 Å². The molecular formula is C16H24ClN3O2. The maximum absolute atomic E-state index is 12.0. The van der Waals surface area contributed by atoms with Crippen molar-refractivity contribution >= 4 is 23.5 Å². The first-order valence-corrected chi connectivity index (χ1v) is 7.82. The summed E-state index contributed by atoms with van der Waals surface area (Å²) in [5.41, 5.74) is 6.00. The van der Waals surface area contributed by atoms with Crippen molar-refractivity contribution in [3.63, 3.8) is 0 Å². The van der Waals surface area contributed by atoms with E-state index in [-0.39, 0.29) is 11.3 Å². The van der Waals surface area contributed by atoms with Crippen LogP contribution in [0, 0.1) is 0 Å². The Hall–Kier alpha value is -1.75. The first-order chi connectivity index (χ1) is 10.3. The Balaban J connectivity index is 2.82. The summed E-state index contributed by atoms with van der Waals surface area (Å²) in [5.74, 6) is -0.251. The molecule has 0 aliphatic carbocycles. The monoisotopic (exact) mass is 325 g/mol. The maximum atomic E-state index is 12.0. The number of benzene rings is 1. The molecule has 0 bridgehead atoms. The lowest BCUT2D eigenvalue weighted by Crippen LogP contribution is -2.49. The Morgan fingerprint density at radius 2 is 1.77 bits per heavy atom. The molecule has 3 amide bonds. The molecule has 1 rings (SSSR count). The summed E-state index contributed by atoms with van der Waals surface area (Å²) in [6.45, 7) is 6.28. The molecular weight excluding hydrogens is 302 g/mol. The van der Waals surface area contributed by atoms with Gasteiger partial charge in [-0.2, -0.15) is 0 Å². The van der Waals surface area contributed by atoms with Crippen LogP contribution < -0.4 is 16.4 Å². The second-order valence-corrected chi connectivity index (χ2v) is 5.88. The van der Waals surface area contributed by atoms with E-state index < -0.39 is 12.1 Å². The van der Waals surface area contributed by atoms with Gasteiger partial charge in [0.15, 0.2) is 0 Å². The number of primary amides is 1. The SMILES string of the molecule is CCC(CC)(CNC(=O)[C@@H](C)NC(N)=O)c1ccc(Cl)cc1. The van der Waals surface area contributed by atoms with Crippen LogP contribution in [-0.2, 0) is 10.2 Å². The summed E-state index contributed by atoms with van der Waals surface area (Å²) in [4.78, 5) is 22.8. The molecule has 0 aromatic heterocycles. The van der Waals surface area contributed by atoms with Gasteiger partial charge in [0.2, 0.25) is 5.91 Å². The fourth-order valence-corrected chi connectivity index (χ4v) is 2.63. The number of carbonyl (C=O) groups is 2. The standard InChI is InChI=1S/C16H24ClN3O2/c1-4-16(5-2,12-6-8-13(17)9-7-12)10-19-14(21)11(3)20-15(18)22/h6-9,11H,4-5,10H2,1-3H3,(H,19,21)(H3,18,20,22)/t11-/m1/s1. The molecule has 0 saturated carbocycles. The fraction of sp³-hybridized carbons (Fsp3) is 0.500. The molecule has 4 N–H and O–H groups in total. The van der Waals surface area contributed by atoms with Crippen LogP contribution >= 0.6 is 11.6 Å². The minimum Gasteiger partial charge on any atom is -0.353 e. The van der Waals surface area contributed by atoms with E-state index in [2.05, 4.69) is 24.5 Å². The molecule has 1 aromatic rings. The number of rotatable bonds is 7. The van der Waals surface area contributed by atoms with Crippen LogP contribution in [0.15, 0.2) is 24.3 Å². The number of nitrogens with one attached hydrogen (secondary N) is 2. The van der Waals surface area contributed by atoms with Gasteiger partial charge in [-0.25, -0.2) is 4.79 Å². The highest BCUT2D eigenvalue weighted by Gasteiger charge is 2.29. The van der Waals surface area contributed by atoms with Crippen LogP contribution in [0.3, 0.4) is 0 Å². The third-order valence-corrected chi connectivity index (χ3v) is 4.42. The third kappa shape index (κ3) is 4.63. The summed E-state index contributed by atoms with van der Waals surface area (Å²) in [6.07, 6.45) is 1.76. The molecule has 0 radical (unpaired) electrons. The van der Waals surface area contributed by atoms with Crippen molar-refractivity contribution in [3.8, 4) is 0 Å². The minimum atomic E-state index is -0.711. The largest absolute Gasteiger partial charge is 0.353 e. The summed E-state index contributed by atoms with van der Waals surface area (Å²) >= 11 is 5.94. The minimum absolute atomic E-state index is 0.160. The molecule has 0 spiro atoms. The fourth-order valence-electron chi connectivity index (χ4n) is 2.50. The van der Waals surface area contributed by atoms with Gasteiger partial charge in [0.1, 0.15) is 6.04 Å². The second kappa shape index (κ2) is 8.03. The van der Waals surface area contributed by atoms with Gasteiger partial charge < -0.3 is 16.4 Å². The Morgan fingerprint density at radius 3 is 2.23 bits per heavy atom. The highest BCUT2D eigenvalue weighted by atomic mass is 35.5. The van der Waals surface area contributed by atoms with E-state index in [1.807, 2.05) is 24.3 Å². The quantitative estimate of drug-likeness (QED) is 0.720. The summed E-state index contributed by atoms with van der Waals surface area (Å²) in [5, 5.41) is 5.96. The lowest BCUT2D eigenvalue weighted by molar-refractivity contribution is -0.122. The molecule has 1 atom stereocenters. The van der Waals surface area contributed by atoms with Gasteiger partial charge in [-0.1, -0.05) is 37.6 Å². The number of amides is 3. The molecule has 0 fully saturated rings. The summed E-state index contributed by atoms with van der Waals surface area (Å²) in [7, 11) is 0. The smallest absolute Gasteiger partial charge is 0.312 e. The molecule has 0 saturated heterocycles. The van der Waals surface area contributed by atoms with Crippen molar-refractivity contribution in [2.24, 2.45) is 5.73 Å². The lowest BCUT2D eigenvalue weighted by Gasteiger charge is -2.33. The predicted molar refractivity (Wildman–Crippen MR) is 88.9 cm³/mol. The van der Waals surface area contributed by atoms with Crippen LogP contribution in [0.25, 0.3) is 0 Å². The van der Waals surface area contributed by atoms with Crippen LogP contribution in [0.2, 0.25) is 5.02 Å². The zero-order valence-electron chi connectivity index (χ0n) is 13.3. The van der Waals surface area contributed by atoms with Gasteiger partial charge in [-0.15, -0.1) is 0 Å². The Kier molecular flexibility index (Phi) is 6.68. The average Bonchev–Trinajstić information content (AvgIpc) is 2.49. The lowest BCUT2D eigenvalue weighted by atomic mass is 9.75. The zero-order valence-corrected chi connectivity index (χ0v) is 14.0. The second-order valence-electron chi connectivity index (χ2n) is 5.44. The van der Waals surface area contributed by atoms with Gasteiger partial charge >= 0.3 is 6.03 Å². The zero-order chi connectivity index (χ0) is 16.8. The van der Waals surface area contributed by atoms with Crippen molar-refractivity contribution in [2.75, 3.05) is 6.54 Å². The first kappa shape index (κ1) is 18.3. The van der Waals surface area contributed by atoms with Crippen LogP contribution in [0.4, 0.5) is 4.79 Å². The van der Waals surface area contributed by atoms with E-state index in [1.54, 1.807) is 6.92 Å². The van der Waals surface area contributed by atoms with Crippen molar-refractivity contribution in [1.29, 1.82) is 0 Å².